The van der Waals surface area contributed by atoms with Crippen molar-refractivity contribution in [3.8, 4) is 0 Å². The van der Waals surface area contributed by atoms with Crippen LogP contribution in [0.4, 0.5) is 18.9 Å². The third-order valence-corrected chi connectivity index (χ3v) is 3.75. The number of esters is 1. The van der Waals surface area contributed by atoms with E-state index in [9.17, 15) is 22.8 Å². The number of alkyl halides is 3. The lowest BCUT2D eigenvalue weighted by molar-refractivity contribution is -0.148. The van der Waals surface area contributed by atoms with Gasteiger partial charge in [-0.2, -0.15) is 23.3 Å². The summed E-state index contributed by atoms with van der Waals surface area (Å²) in [7, 11) is 0.822. The maximum Gasteiger partial charge on any atom is 0.424 e. The second-order valence-electron chi connectivity index (χ2n) is 5.79. The van der Waals surface area contributed by atoms with Gasteiger partial charge in [0.25, 0.3) is 5.91 Å². The van der Waals surface area contributed by atoms with Gasteiger partial charge in [0.2, 0.25) is 0 Å². The Bertz CT molecular complexity index is 762. The Labute approximate surface area is 142 Å². The van der Waals surface area contributed by atoms with Gasteiger partial charge in [-0.3, -0.25) is 4.79 Å². The second kappa shape index (κ2) is 6.70. The van der Waals surface area contributed by atoms with Gasteiger partial charge in [0.1, 0.15) is 0 Å². The molecule has 1 heterocycles. The molecule has 25 heavy (non-hydrogen) atoms. The van der Waals surface area contributed by atoms with Gasteiger partial charge in [-0.25, -0.2) is 4.79 Å². The number of rotatable bonds is 3. The van der Waals surface area contributed by atoms with Crippen LogP contribution in [0.2, 0.25) is 0 Å². The molecule has 134 valence electrons. The number of anilines is 1. The molecule has 0 unspecified atom stereocenters. The molecular weight excluding hydrogens is 337 g/mol. The van der Waals surface area contributed by atoms with Gasteiger partial charge in [-0.1, -0.05) is 26.0 Å². The number of hydrazone groups is 1. The van der Waals surface area contributed by atoms with Crippen molar-refractivity contribution in [1.29, 1.82) is 0 Å². The normalized spacial score (nSPS) is 17.0. The van der Waals surface area contributed by atoms with Crippen LogP contribution in [0.1, 0.15) is 32.3 Å². The predicted octanol–water partition coefficient (Wildman–Crippen LogP) is 3.56. The minimum Gasteiger partial charge on any atom is -0.465 e. The van der Waals surface area contributed by atoms with Crippen LogP contribution in [0.25, 0.3) is 0 Å². The molecule has 1 aromatic carbocycles. The zero-order valence-electron chi connectivity index (χ0n) is 14.1. The van der Waals surface area contributed by atoms with E-state index in [0.717, 1.165) is 17.7 Å². The Hall–Kier alpha value is -2.64. The van der Waals surface area contributed by atoms with E-state index in [0.29, 0.717) is 5.69 Å². The summed E-state index contributed by atoms with van der Waals surface area (Å²) in [6.07, 6.45) is -5.04. The zero-order chi connectivity index (χ0) is 18.9. The third kappa shape index (κ3) is 3.57. The van der Waals surface area contributed by atoms with E-state index in [1.165, 1.54) is 6.92 Å². The monoisotopic (exact) mass is 354 g/mol. The van der Waals surface area contributed by atoms with Crippen LogP contribution in [-0.4, -0.2) is 30.9 Å². The fraction of sp³-hybridized carbons (Fsp3) is 0.353. The van der Waals surface area contributed by atoms with Crippen LogP contribution in [0.5, 0.6) is 0 Å². The van der Waals surface area contributed by atoms with Crippen molar-refractivity contribution >= 4 is 23.3 Å². The lowest BCUT2D eigenvalue weighted by Crippen LogP contribution is -2.29. The molecular formula is C17H17F3N2O3. The maximum absolute atomic E-state index is 13.2. The van der Waals surface area contributed by atoms with E-state index in [-0.39, 0.29) is 11.6 Å². The van der Waals surface area contributed by atoms with Crippen LogP contribution in [-0.2, 0) is 14.3 Å². The van der Waals surface area contributed by atoms with Crippen molar-refractivity contribution in [1.82, 2.24) is 0 Å². The van der Waals surface area contributed by atoms with Gasteiger partial charge >= 0.3 is 12.1 Å². The number of amides is 1. The van der Waals surface area contributed by atoms with Gasteiger partial charge in [-0.05, 0) is 30.5 Å². The lowest BCUT2D eigenvalue weighted by Gasteiger charge is -2.15. The molecule has 0 saturated carbocycles. The first-order valence-corrected chi connectivity index (χ1v) is 7.47. The molecule has 5 nitrogen and oxygen atoms in total. The highest BCUT2D eigenvalue weighted by atomic mass is 19.4. The summed E-state index contributed by atoms with van der Waals surface area (Å²) in [6.45, 7) is 5.22. The molecule has 8 heteroatoms. The number of carbonyl (C=O) groups is 2. The van der Waals surface area contributed by atoms with Crippen LogP contribution in [0.3, 0.4) is 0 Å². The SMILES string of the molecule is COC(=O)C(=C1C(=O)N(c2ccc(C(C)C)cc2)N=C1C)C(F)(F)F. The Balaban J connectivity index is 2.50. The van der Waals surface area contributed by atoms with E-state index in [1.807, 2.05) is 13.8 Å². The third-order valence-electron chi connectivity index (χ3n) is 3.75. The number of ether oxygens (including phenoxy) is 1. The van der Waals surface area contributed by atoms with Gasteiger partial charge in [-0.15, -0.1) is 0 Å². The molecule has 2 rings (SSSR count). The number of carbonyl (C=O) groups excluding carboxylic acids is 2. The second-order valence-corrected chi connectivity index (χ2v) is 5.79. The molecule has 0 saturated heterocycles. The highest BCUT2D eigenvalue weighted by Crippen LogP contribution is 2.34. The number of hydrogen-bond acceptors (Lipinski definition) is 4. The molecule has 1 aliphatic rings. The predicted molar refractivity (Wildman–Crippen MR) is 86.2 cm³/mol. The highest BCUT2D eigenvalue weighted by Gasteiger charge is 2.47. The molecule has 0 N–H and O–H groups in total. The Morgan fingerprint density at radius 3 is 2.20 bits per heavy atom. The van der Waals surface area contributed by atoms with Crippen molar-refractivity contribution in [2.45, 2.75) is 32.9 Å². The van der Waals surface area contributed by atoms with E-state index < -0.39 is 29.2 Å². The summed E-state index contributed by atoms with van der Waals surface area (Å²) >= 11 is 0. The van der Waals surface area contributed by atoms with Crippen molar-refractivity contribution in [3.05, 3.63) is 41.0 Å². The van der Waals surface area contributed by atoms with E-state index in [4.69, 9.17) is 0 Å². The molecule has 1 amide bonds. The first-order chi connectivity index (χ1) is 11.6. The van der Waals surface area contributed by atoms with E-state index in [2.05, 4.69) is 9.84 Å². The molecule has 0 atom stereocenters. The summed E-state index contributed by atoms with van der Waals surface area (Å²) in [4.78, 5) is 24.1. The Morgan fingerprint density at radius 1 is 1.20 bits per heavy atom. The van der Waals surface area contributed by atoms with Gasteiger partial charge in [0.05, 0.1) is 24.1 Å². The molecule has 0 spiro atoms. The van der Waals surface area contributed by atoms with Crippen LogP contribution in [0, 0.1) is 0 Å². The topological polar surface area (TPSA) is 59.0 Å². The standard InChI is InChI=1S/C17H17F3N2O3/c1-9(2)11-5-7-12(8-6-11)22-15(23)13(10(3)21-22)14(16(24)25-4)17(18,19)20/h5-9H,1-4H3. The summed E-state index contributed by atoms with van der Waals surface area (Å²) in [5, 5.41) is 4.73. The minimum absolute atomic E-state index is 0.198. The molecule has 0 bridgehead atoms. The fourth-order valence-corrected chi connectivity index (χ4v) is 2.43. The van der Waals surface area contributed by atoms with E-state index in [1.54, 1.807) is 24.3 Å². The maximum atomic E-state index is 13.2. The van der Waals surface area contributed by atoms with E-state index >= 15 is 0 Å². The highest BCUT2D eigenvalue weighted by molar-refractivity contribution is 6.32. The number of hydrogen-bond donors (Lipinski definition) is 0. The summed E-state index contributed by atoms with van der Waals surface area (Å²) in [5.41, 5.74) is -1.32. The smallest absolute Gasteiger partial charge is 0.424 e. The van der Waals surface area contributed by atoms with Crippen molar-refractivity contribution in [2.24, 2.45) is 5.10 Å². The fourth-order valence-electron chi connectivity index (χ4n) is 2.43. The molecule has 0 fully saturated rings. The Morgan fingerprint density at radius 2 is 1.76 bits per heavy atom. The number of halogens is 3. The molecule has 0 aromatic heterocycles. The first-order valence-electron chi connectivity index (χ1n) is 7.47. The summed E-state index contributed by atoms with van der Waals surface area (Å²) < 4.78 is 43.9. The van der Waals surface area contributed by atoms with Crippen molar-refractivity contribution in [2.75, 3.05) is 12.1 Å². The molecule has 1 aromatic rings. The quantitative estimate of drug-likeness (QED) is 0.616. The van der Waals surface area contributed by atoms with Gasteiger partial charge in [0.15, 0.2) is 5.57 Å². The van der Waals surface area contributed by atoms with Crippen LogP contribution >= 0.6 is 0 Å². The number of methoxy groups -OCH3 is 1. The average molecular weight is 354 g/mol. The van der Waals surface area contributed by atoms with Gasteiger partial charge < -0.3 is 4.74 Å². The number of nitrogens with zero attached hydrogens (tertiary/aromatic N) is 2. The van der Waals surface area contributed by atoms with Gasteiger partial charge in [0, 0.05) is 0 Å². The first kappa shape index (κ1) is 18.7. The lowest BCUT2D eigenvalue weighted by atomic mass is 10.0. The van der Waals surface area contributed by atoms with Crippen LogP contribution in [0.15, 0.2) is 40.5 Å². The van der Waals surface area contributed by atoms with Crippen molar-refractivity contribution < 1.29 is 27.5 Å². The number of benzene rings is 1. The zero-order valence-corrected chi connectivity index (χ0v) is 14.1. The largest absolute Gasteiger partial charge is 0.465 e. The summed E-state index contributed by atoms with van der Waals surface area (Å²) in [6, 6.07) is 6.73. The average Bonchev–Trinajstić information content (AvgIpc) is 2.82. The Kier molecular flexibility index (Phi) is 5.01. The molecule has 0 aliphatic carbocycles. The summed E-state index contributed by atoms with van der Waals surface area (Å²) in [5.74, 6) is -2.38. The van der Waals surface area contributed by atoms with Crippen LogP contribution < -0.4 is 5.01 Å². The molecule has 0 radical (unpaired) electrons. The minimum atomic E-state index is -5.04. The molecule has 1 aliphatic heterocycles. The van der Waals surface area contributed by atoms with Crippen molar-refractivity contribution in [3.63, 3.8) is 0 Å².